The maximum absolute atomic E-state index is 12.0. The van der Waals surface area contributed by atoms with Gasteiger partial charge < -0.3 is 15.3 Å². The van der Waals surface area contributed by atoms with Gasteiger partial charge in [-0.25, -0.2) is 8.78 Å². The average molecular weight is 262 g/mol. The first kappa shape index (κ1) is 13.2. The molecular weight excluding hydrogens is 246 g/mol. The molecule has 1 saturated heterocycles. The monoisotopic (exact) mass is 262 g/mol. The Hall–Kier alpha value is -1.24. The second kappa shape index (κ2) is 5.17. The lowest BCUT2D eigenvalue weighted by atomic mass is 10.1. The van der Waals surface area contributed by atoms with Crippen LogP contribution in [0.5, 0.6) is 0 Å². The summed E-state index contributed by atoms with van der Waals surface area (Å²) in [5.74, 6) is -0.971. The highest BCUT2D eigenvalue weighted by Gasteiger charge is 2.41. The lowest BCUT2D eigenvalue weighted by molar-refractivity contribution is -0.129. The molecule has 0 spiro atoms. The largest absolute Gasteiger partial charge is 0.385 e. The van der Waals surface area contributed by atoms with Crippen molar-refractivity contribution in [1.82, 2.24) is 10.2 Å². The number of hydrogen-bond donors (Lipinski definition) is 2. The van der Waals surface area contributed by atoms with E-state index >= 15 is 0 Å². The molecule has 0 aromatic rings. The lowest BCUT2D eigenvalue weighted by Gasteiger charge is -2.16. The van der Waals surface area contributed by atoms with E-state index in [0.29, 0.717) is 6.54 Å². The zero-order valence-corrected chi connectivity index (χ0v) is 9.81. The predicted molar refractivity (Wildman–Crippen MR) is 57.9 cm³/mol. The molecule has 7 heteroatoms. The van der Waals surface area contributed by atoms with E-state index in [9.17, 15) is 18.4 Å². The van der Waals surface area contributed by atoms with E-state index in [1.165, 1.54) is 0 Å². The molecule has 2 unspecified atom stereocenters. The number of likely N-dealkylation sites (tertiary alicyclic amines) is 1. The second-order valence-electron chi connectivity index (χ2n) is 4.83. The molecule has 2 atom stereocenters. The minimum Gasteiger partial charge on any atom is -0.385 e. The highest BCUT2D eigenvalue weighted by molar-refractivity contribution is 5.89. The van der Waals surface area contributed by atoms with E-state index in [2.05, 4.69) is 5.32 Å². The van der Waals surface area contributed by atoms with E-state index < -0.39 is 30.9 Å². The van der Waals surface area contributed by atoms with Crippen LogP contribution in [0.3, 0.4) is 0 Å². The fraction of sp³-hybridized carbons (Fsp3) is 0.818. The van der Waals surface area contributed by atoms with Gasteiger partial charge in [0.2, 0.25) is 11.8 Å². The standard InChI is InChI=1S/C11H16F2N2O3/c12-10(13)8(16)4-14-11(18)6-3-9(17)15(5-6)7-1-2-7/h6-8,10,16H,1-5H2,(H,14,18). The number of halogens is 2. The molecule has 2 amide bonds. The van der Waals surface area contributed by atoms with Crippen molar-refractivity contribution < 1.29 is 23.5 Å². The van der Waals surface area contributed by atoms with E-state index in [-0.39, 0.29) is 18.4 Å². The molecule has 18 heavy (non-hydrogen) atoms. The number of rotatable bonds is 5. The third-order valence-corrected chi connectivity index (χ3v) is 3.29. The molecule has 2 N–H and O–H groups in total. The number of nitrogens with zero attached hydrogens (tertiary/aromatic N) is 1. The summed E-state index contributed by atoms with van der Waals surface area (Å²) in [5, 5.41) is 11.1. The van der Waals surface area contributed by atoms with Crippen LogP contribution in [0, 0.1) is 5.92 Å². The summed E-state index contributed by atoms with van der Waals surface area (Å²) in [4.78, 5) is 24.9. The number of hydrogen-bond acceptors (Lipinski definition) is 3. The minimum atomic E-state index is -2.88. The number of aliphatic hydroxyl groups excluding tert-OH is 1. The van der Waals surface area contributed by atoms with Crippen LogP contribution in [-0.2, 0) is 9.59 Å². The van der Waals surface area contributed by atoms with Gasteiger partial charge in [-0.1, -0.05) is 0 Å². The summed E-state index contributed by atoms with van der Waals surface area (Å²) < 4.78 is 24.1. The van der Waals surface area contributed by atoms with E-state index in [0.717, 1.165) is 12.8 Å². The fourth-order valence-electron chi connectivity index (χ4n) is 2.08. The Morgan fingerprint density at radius 1 is 1.50 bits per heavy atom. The van der Waals surface area contributed by atoms with Gasteiger partial charge in [0, 0.05) is 25.6 Å². The Kier molecular flexibility index (Phi) is 3.79. The zero-order chi connectivity index (χ0) is 13.3. The topological polar surface area (TPSA) is 69.6 Å². The van der Waals surface area contributed by atoms with Crippen molar-refractivity contribution in [2.45, 2.75) is 37.8 Å². The minimum absolute atomic E-state index is 0.0490. The SMILES string of the molecule is O=C(NCC(O)C(F)F)C1CC(=O)N(C2CC2)C1. The zero-order valence-electron chi connectivity index (χ0n) is 9.81. The molecule has 1 aliphatic heterocycles. The highest BCUT2D eigenvalue weighted by atomic mass is 19.3. The summed E-state index contributed by atoms with van der Waals surface area (Å²) in [6.07, 6.45) is -2.65. The molecule has 5 nitrogen and oxygen atoms in total. The summed E-state index contributed by atoms with van der Waals surface area (Å²) in [6.45, 7) is -0.120. The van der Waals surface area contributed by atoms with Gasteiger partial charge in [-0.15, -0.1) is 0 Å². The molecule has 2 fully saturated rings. The number of amides is 2. The average Bonchev–Trinajstić information content (AvgIpc) is 3.09. The first-order valence-electron chi connectivity index (χ1n) is 6.02. The highest BCUT2D eigenvalue weighted by Crippen LogP contribution is 2.32. The lowest BCUT2D eigenvalue weighted by Crippen LogP contribution is -2.39. The second-order valence-corrected chi connectivity index (χ2v) is 4.83. The summed E-state index contributed by atoms with van der Waals surface area (Å²) in [7, 11) is 0. The van der Waals surface area contributed by atoms with Crippen molar-refractivity contribution in [3.8, 4) is 0 Å². The van der Waals surface area contributed by atoms with Gasteiger partial charge in [0.15, 0.2) is 0 Å². The van der Waals surface area contributed by atoms with Gasteiger partial charge in [0.05, 0.1) is 5.92 Å². The Morgan fingerprint density at radius 3 is 2.72 bits per heavy atom. The van der Waals surface area contributed by atoms with Crippen molar-refractivity contribution in [2.75, 3.05) is 13.1 Å². The molecule has 0 aromatic carbocycles. The maximum atomic E-state index is 12.0. The van der Waals surface area contributed by atoms with Crippen molar-refractivity contribution in [2.24, 2.45) is 5.92 Å². The van der Waals surface area contributed by atoms with Crippen LogP contribution in [0.4, 0.5) is 8.78 Å². The Morgan fingerprint density at radius 2 is 2.17 bits per heavy atom. The number of carbonyl (C=O) groups excluding carboxylic acids is 2. The smallest absolute Gasteiger partial charge is 0.265 e. The van der Waals surface area contributed by atoms with Crippen LogP contribution < -0.4 is 5.32 Å². The summed E-state index contributed by atoms with van der Waals surface area (Å²) >= 11 is 0. The molecule has 0 aromatic heterocycles. The fourth-order valence-corrected chi connectivity index (χ4v) is 2.08. The first-order valence-corrected chi connectivity index (χ1v) is 6.02. The van der Waals surface area contributed by atoms with Gasteiger partial charge in [0.1, 0.15) is 6.10 Å². The number of aliphatic hydroxyl groups is 1. The molecule has 1 saturated carbocycles. The van der Waals surface area contributed by atoms with Crippen LogP contribution in [0.1, 0.15) is 19.3 Å². The quantitative estimate of drug-likeness (QED) is 0.717. The van der Waals surface area contributed by atoms with Gasteiger partial charge in [-0.05, 0) is 12.8 Å². The van der Waals surface area contributed by atoms with Gasteiger partial charge >= 0.3 is 0 Å². The molecule has 102 valence electrons. The van der Waals surface area contributed by atoms with Gasteiger partial charge in [-0.3, -0.25) is 9.59 Å². The van der Waals surface area contributed by atoms with Crippen molar-refractivity contribution in [1.29, 1.82) is 0 Å². The Balaban J connectivity index is 1.78. The van der Waals surface area contributed by atoms with E-state index in [1.807, 2.05) is 0 Å². The van der Waals surface area contributed by atoms with Crippen molar-refractivity contribution in [3.05, 3.63) is 0 Å². The molecular formula is C11H16F2N2O3. The molecule has 2 rings (SSSR count). The van der Waals surface area contributed by atoms with Crippen LogP contribution >= 0.6 is 0 Å². The number of alkyl halides is 2. The van der Waals surface area contributed by atoms with Gasteiger partial charge in [0.25, 0.3) is 6.43 Å². The van der Waals surface area contributed by atoms with Crippen LogP contribution in [-0.4, -0.2) is 53.5 Å². The van der Waals surface area contributed by atoms with Gasteiger partial charge in [-0.2, -0.15) is 0 Å². The molecule has 0 radical (unpaired) electrons. The Bertz CT molecular complexity index is 347. The summed E-state index contributed by atoms with van der Waals surface area (Å²) in [5.41, 5.74) is 0. The number of carbonyl (C=O) groups is 2. The van der Waals surface area contributed by atoms with Crippen LogP contribution in [0.25, 0.3) is 0 Å². The first-order chi connectivity index (χ1) is 8.49. The molecule has 0 bridgehead atoms. The Labute approximate surface area is 103 Å². The third kappa shape index (κ3) is 2.95. The normalized spacial score (nSPS) is 25.7. The van der Waals surface area contributed by atoms with Crippen molar-refractivity contribution in [3.63, 3.8) is 0 Å². The van der Waals surface area contributed by atoms with Crippen LogP contribution in [0.15, 0.2) is 0 Å². The van der Waals surface area contributed by atoms with Crippen molar-refractivity contribution >= 4 is 11.8 Å². The maximum Gasteiger partial charge on any atom is 0.265 e. The summed E-state index contributed by atoms with van der Waals surface area (Å²) in [6, 6.07) is 0.266. The molecule has 1 aliphatic carbocycles. The van der Waals surface area contributed by atoms with E-state index in [4.69, 9.17) is 5.11 Å². The predicted octanol–water partition coefficient (Wildman–Crippen LogP) is -0.261. The molecule has 1 heterocycles. The number of nitrogens with one attached hydrogen (secondary N) is 1. The third-order valence-electron chi connectivity index (χ3n) is 3.29. The van der Waals surface area contributed by atoms with E-state index in [1.54, 1.807) is 4.90 Å². The van der Waals surface area contributed by atoms with Crippen LogP contribution in [0.2, 0.25) is 0 Å². The molecule has 2 aliphatic rings.